The third-order valence-corrected chi connectivity index (χ3v) is 6.85. The summed E-state index contributed by atoms with van der Waals surface area (Å²) in [5, 5.41) is 0. The second-order valence-corrected chi connectivity index (χ2v) is 9.00. The van der Waals surface area contributed by atoms with E-state index in [0.29, 0.717) is 6.61 Å². The number of para-hydroxylation sites is 2. The van der Waals surface area contributed by atoms with Gasteiger partial charge in [-0.15, -0.1) is 0 Å². The van der Waals surface area contributed by atoms with Crippen molar-refractivity contribution in [2.24, 2.45) is 0 Å². The Morgan fingerprint density at radius 1 is 0.941 bits per heavy atom. The highest BCUT2D eigenvalue weighted by atomic mass is 16.7. The Bertz CT molecular complexity index is 1010. The highest BCUT2D eigenvalue weighted by Crippen LogP contribution is 2.37. The average Bonchev–Trinajstić information content (AvgIpc) is 3.44. The van der Waals surface area contributed by atoms with Gasteiger partial charge in [0.05, 0.1) is 32.1 Å². The minimum absolute atomic E-state index is 0.0900. The van der Waals surface area contributed by atoms with Crippen LogP contribution in [0.25, 0.3) is 0 Å². The Labute approximate surface area is 200 Å². The number of rotatable bonds is 7. The van der Waals surface area contributed by atoms with E-state index in [0.717, 1.165) is 49.7 Å². The van der Waals surface area contributed by atoms with Crippen molar-refractivity contribution in [2.75, 3.05) is 57.9 Å². The van der Waals surface area contributed by atoms with E-state index in [1.165, 1.54) is 4.90 Å². The number of methoxy groups -OCH3 is 1. The van der Waals surface area contributed by atoms with Gasteiger partial charge in [-0.25, -0.2) is 0 Å². The normalized spacial score (nSPS) is 25.9. The summed E-state index contributed by atoms with van der Waals surface area (Å²) in [7, 11) is 1.70. The molecule has 0 spiro atoms. The van der Waals surface area contributed by atoms with Gasteiger partial charge in [0.1, 0.15) is 5.75 Å². The highest BCUT2D eigenvalue weighted by molar-refractivity contribution is 6.02. The second-order valence-electron chi connectivity index (χ2n) is 9.00. The number of benzene rings is 2. The monoisotopic (exact) mass is 465 g/mol. The van der Waals surface area contributed by atoms with Gasteiger partial charge in [-0.2, -0.15) is 0 Å². The summed E-state index contributed by atoms with van der Waals surface area (Å²) in [4.78, 5) is 30.6. The number of anilines is 1. The van der Waals surface area contributed by atoms with Crippen molar-refractivity contribution in [1.82, 2.24) is 9.80 Å². The lowest BCUT2D eigenvalue weighted by Crippen LogP contribution is -2.49. The van der Waals surface area contributed by atoms with Crippen LogP contribution in [0.4, 0.5) is 5.69 Å². The molecule has 34 heavy (non-hydrogen) atoms. The van der Waals surface area contributed by atoms with Crippen LogP contribution < -0.4 is 9.64 Å². The molecule has 8 heteroatoms. The summed E-state index contributed by atoms with van der Waals surface area (Å²) in [6.45, 7) is 4.84. The van der Waals surface area contributed by atoms with Gasteiger partial charge in [-0.05, 0) is 12.1 Å². The Morgan fingerprint density at radius 2 is 1.62 bits per heavy atom. The predicted molar refractivity (Wildman–Crippen MR) is 127 cm³/mol. The van der Waals surface area contributed by atoms with Crippen molar-refractivity contribution < 1.29 is 23.8 Å². The quantitative estimate of drug-likeness (QED) is 0.581. The number of imide groups is 1. The predicted octanol–water partition coefficient (Wildman–Crippen LogP) is 2.23. The van der Waals surface area contributed by atoms with E-state index in [1.54, 1.807) is 7.11 Å². The molecular weight excluding hydrogens is 434 g/mol. The van der Waals surface area contributed by atoms with Crippen LogP contribution in [-0.2, 0) is 24.8 Å². The minimum atomic E-state index is -1.12. The summed E-state index contributed by atoms with van der Waals surface area (Å²) < 4.78 is 18.3. The highest BCUT2D eigenvalue weighted by Gasteiger charge is 2.48. The van der Waals surface area contributed by atoms with Crippen LogP contribution in [0, 0.1) is 0 Å². The summed E-state index contributed by atoms with van der Waals surface area (Å²) in [6, 6.07) is 17.7. The van der Waals surface area contributed by atoms with Crippen LogP contribution in [0.1, 0.15) is 18.4 Å². The van der Waals surface area contributed by atoms with Crippen molar-refractivity contribution in [3.8, 4) is 5.75 Å². The van der Waals surface area contributed by atoms with Crippen LogP contribution in [0.2, 0.25) is 0 Å². The average molecular weight is 466 g/mol. The molecule has 3 aliphatic rings. The van der Waals surface area contributed by atoms with Gasteiger partial charge in [-0.3, -0.25) is 19.4 Å². The van der Waals surface area contributed by atoms with E-state index in [4.69, 9.17) is 14.2 Å². The van der Waals surface area contributed by atoms with Crippen molar-refractivity contribution in [2.45, 2.75) is 24.7 Å². The molecule has 0 bridgehead atoms. The molecule has 0 aliphatic carbocycles. The van der Waals surface area contributed by atoms with Gasteiger partial charge in [0.15, 0.2) is 0 Å². The van der Waals surface area contributed by atoms with E-state index < -0.39 is 5.79 Å². The first kappa shape index (κ1) is 22.8. The fraction of sp³-hybridized carbons (Fsp3) is 0.462. The Kier molecular flexibility index (Phi) is 6.54. The minimum Gasteiger partial charge on any atom is -0.495 e. The number of likely N-dealkylation sites (tertiary alicyclic amines) is 1. The zero-order valence-corrected chi connectivity index (χ0v) is 19.5. The van der Waals surface area contributed by atoms with Crippen LogP contribution in [0.5, 0.6) is 5.75 Å². The number of carbonyl (C=O) groups is 2. The summed E-state index contributed by atoms with van der Waals surface area (Å²) >= 11 is 0. The Morgan fingerprint density at radius 3 is 2.32 bits per heavy atom. The molecule has 180 valence electrons. The van der Waals surface area contributed by atoms with Gasteiger partial charge in [0.2, 0.25) is 17.6 Å². The molecule has 2 aromatic rings. The van der Waals surface area contributed by atoms with E-state index in [1.807, 2.05) is 48.5 Å². The number of nitrogens with zero attached hydrogens (tertiary/aromatic N) is 3. The summed E-state index contributed by atoms with van der Waals surface area (Å²) in [5.41, 5.74) is 1.94. The fourth-order valence-electron chi connectivity index (χ4n) is 5.03. The lowest BCUT2D eigenvalue weighted by molar-refractivity contribution is -0.193. The molecule has 8 nitrogen and oxygen atoms in total. The standard InChI is InChI=1S/C26H31N3O5/c1-32-23-10-6-5-9-22(23)28-15-13-27(14-16-28)17-21-18-33-26(34-21,20-7-3-2-4-8-20)19-29-24(30)11-12-25(29)31/h2-10,21H,11-19H2,1H3/t21-,26+/m0/s1. The smallest absolute Gasteiger partial charge is 0.229 e. The first-order valence-electron chi connectivity index (χ1n) is 11.9. The van der Waals surface area contributed by atoms with Crippen molar-refractivity contribution >= 4 is 17.5 Å². The number of carbonyl (C=O) groups excluding carboxylic acids is 2. The molecule has 3 saturated heterocycles. The fourth-order valence-corrected chi connectivity index (χ4v) is 5.03. The van der Waals surface area contributed by atoms with Crippen LogP contribution in [0.15, 0.2) is 54.6 Å². The summed E-state index contributed by atoms with van der Waals surface area (Å²) in [5.74, 6) is -0.560. The molecule has 0 N–H and O–H groups in total. The Hall–Kier alpha value is -2.94. The molecule has 0 aromatic heterocycles. The second kappa shape index (κ2) is 9.74. The van der Waals surface area contributed by atoms with Crippen molar-refractivity contribution in [3.05, 3.63) is 60.2 Å². The lowest BCUT2D eigenvalue weighted by atomic mass is 10.1. The van der Waals surface area contributed by atoms with Gasteiger partial charge in [0.25, 0.3) is 0 Å². The van der Waals surface area contributed by atoms with E-state index in [2.05, 4.69) is 15.9 Å². The molecule has 0 radical (unpaired) electrons. The zero-order valence-electron chi connectivity index (χ0n) is 19.5. The lowest BCUT2D eigenvalue weighted by Gasteiger charge is -2.37. The van der Waals surface area contributed by atoms with E-state index in [9.17, 15) is 9.59 Å². The molecule has 3 heterocycles. The van der Waals surface area contributed by atoms with Crippen LogP contribution >= 0.6 is 0 Å². The third kappa shape index (κ3) is 4.53. The Balaban J connectivity index is 1.24. The SMILES string of the molecule is COc1ccccc1N1CCN(C[C@H]2CO[C@@](CN3C(=O)CCC3=O)(c3ccccc3)O2)CC1. The maximum Gasteiger partial charge on any atom is 0.229 e. The van der Waals surface area contributed by atoms with Gasteiger partial charge in [-0.1, -0.05) is 42.5 Å². The van der Waals surface area contributed by atoms with Crippen LogP contribution in [0.3, 0.4) is 0 Å². The van der Waals surface area contributed by atoms with Crippen molar-refractivity contribution in [1.29, 1.82) is 0 Å². The molecule has 0 saturated carbocycles. The molecular formula is C26H31N3O5. The molecule has 2 atom stereocenters. The first-order valence-corrected chi connectivity index (χ1v) is 11.9. The van der Waals surface area contributed by atoms with Gasteiger partial charge < -0.3 is 19.1 Å². The molecule has 2 amide bonds. The number of ether oxygens (including phenoxy) is 3. The van der Waals surface area contributed by atoms with E-state index in [-0.39, 0.29) is 37.3 Å². The topological polar surface area (TPSA) is 71.5 Å². The number of hydrogen-bond acceptors (Lipinski definition) is 7. The maximum atomic E-state index is 12.3. The maximum absolute atomic E-state index is 12.3. The number of piperazine rings is 1. The molecule has 3 fully saturated rings. The molecule has 2 aromatic carbocycles. The van der Waals surface area contributed by atoms with E-state index >= 15 is 0 Å². The molecule has 5 rings (SSSR count). The first-order chi connectivity index (χ1) is 16.6. The zero-order chi connectivity index (χ0) is 23.5. The number of amides is 2. The molecule has 3 aliphatic heterocycles. The summed E-state index contributed by atoms with van der Waals surface area (Å²) in [6.07, 6.45) is 0.360. The van der Waals surface area contributed by atoms with Gasteiger partial charge in [0, 0.05) is 51.1 Å². The van der Waals surface area contributed by atoms with Gasteiger partial charge >= 0.3 is 0 Å². The number of hydrogen-bond donors (Lipinski definition) is 0. The third-order valence-electron chi connectivity index (χ3n) is 6.85. The molecule has 0 unspecified atom stereocenters. The van der Waals surface area contributed by atoms with Crippen molar-refractivity contribution in [3.63, 3.8) is 0 Å². The largest absolute Gasteiger partial charge is 0.495 e. The van der Waals surface area contributed by atoms with Crippen LogP contribution in [-0.4, -0.2) is 80.7 Å².